The monoisotopic (exact) mass is 297 g/mol. The summed E-state index contributed by atoms with van der Waals surface area (Å²) in [4.78, 5) is 16.5. The predicted octanol–water partition coefficient (Wildman–Crippen LogP) is 3.34. The molecule has 0 aliphatic rings. The van der Waals surface area contributed by atoms with Gasteiger partial charge in [-0.2, -0.15) is 0 Å². The highest BCUT2D eigenvalue weighted by Gasteiger charge is 2.12. The number of hydrogen-bond donors (Lipinski definition) is 0. The SMILES string of the molecule is CN(Cc1cscn1)Cc1cc([N+](=O)[O-])ccc1Cl. The third-order valence-electron chi connectivity index (χ3n) is 2.60. The first-order valence-corrected chi connectivity index (χ1v) is 6.87. The molecule has 0 N–H and O–H groups in total. The Morgan fingerprint density at radius 1 is 1.47 bits per heavy atom. The van der Waals surface area contributed by atoms with Gasteiger partial charge in [-0.1, -0.05) is 11.6 Å². The Morgan fingerprint density at radius 2 is 2.26 bits per heavy atom. The molecule has 0 amide bonds. The number of rotatable bonds is 5. The fraction of sp³-hybridized carbons (Fsp3) is 0.250. The van der Waals surface area contributed by atoms with E-state index in [0.717, 1.165) is 11.3 Å². The van der Waals surface area contributed by atoms with Gasteiger partial charge >= 0.3 is 0 Å². The van der Waals surface area contributed by atoms with Gasteiger partial charge in [0.2, 0.25) is 0 Å². The zero-order valence-electron chi connectivity index (χ0n) is 10.2. The second-order valence-electron chi connectivity index (χ2n) is 4.18. The summed E-state index contributed by atoms with van der Waals surface area (Å²) >= 11 is 7.61. The average molecular weight is 298 g/mol. The van der Waals surface area contributed by atoms with Crippen LogP contribution in [0.2, 0.25) is 5.02 Å². The highest BCUT2D eigenvalue weighted by Crippen LogP contribution is 2.23. The van der Waals surface area contributed by atoms with E-state index in [1.807, 2.05) is 17.3 Å². The molecule has 0 bridgehead atoms. The second-order valence-corrected chi connectivity index (χ2v) is 5.31. The Kier molecular flexibility index (Phi) is 4.47. The number of halogens is 1. The van der Waals surface area contributed by atoms with Crippen LogP contribution < -0.4 is 0 Å². The van der Waals surface area contributed by atoms with Crippen molar-refractivity contribution >= 4 is 28.6 Å². The van der Waals surface area contributed by atoms with Crippen molar-refractivity contribution in [3.8, 4) is 0 Å². The van der Waals surface area contributed by atoms with Crippen molar-refractivity contribution in [1.82, 2.24) is 9.88 Å². The Morgan fingerprint density at radius 3 is 2.89 bits per heavy atom. The normalized spacial score (nSPS) is 10.9. The van der Waals surface area contributed by atoms with Gasteiger partial charge in [0.05, 0.1) is 16.1 Å². The van der Waals surface area contributed by atoms with E-state index >= 15 is 0 Å². The lowest BCUT2D eigenvalue weighted by Crippen LogP contribution is -2.17. The molecule has 0 unspecified atom stereocenters. The molecule has 0 fully saturated rings. The highest BCUT2D eigenvalue weighted by atomic mass is 35.5. The molecular formula is C12H12ClN3O2S. The first kappa shape index (κ1) is 13.9. The number of nitrogens with zero attached hydrogens (tertiary/aromatic N) is 3. The number of thiazole rings is 1. The van der Waals surface area contributed by atoms with Gasteiger partial charge < -0.3 is 0 Å². The van der Waals surface area contributed by atoms with E-state index in [1.165, 1.54) is 12.1 Å². The number of nitro groups is 1. The van der Waals surface area contributed by atoms with Crippen LogP contribution >= 0.6 is 22.9 Å². The molecular weight excluding hydrogens is 286 g/mol. The van der Waals surface area contributed by atoms with Gasteiger partial charge in [0.25, 0.3) is 5.69 Å². The maximum Gasteiger partial charge on any atom is 0.269 e. The maximum atomic E-state index is 10.7. The van der Waals surface area contributed by atoms with Crippen LogP contribution in [0.5, 0.6) is 0 Å². The molecule has 0 saturated heterocycles. The van der Waals surface area contributed by atoms with E-state index in [4.69, 9.17) is 11.6 Å². The summed E-state index contributed by atoms with van der Waals surface area (Å²) in [7, 11) is 1.93. The third kappa shape index (κ3) is 3.73. The van der Waals surface area contributed by atoms with Gasteiger partial charge in [-0.3, -0.25) is 15.0 Å². The molecule has 2 rings (SSSR count). The minimum atomic E-state index is -0.416. The Labute approximate surface area is 119 Å². The van der Waals surface area contributed by atoms with Crippen LogP contribution in [0.3, 0.4) is 0 Å². The first-order chi connectivity index (χ1) is 9.06. The second kappa shape index (κ2) is 6.10. The lowest BCUT2D eigenvalue weighted by molar-refractivity contribution is -0.384. The molecule has 100 valence electrons. The number of hydrogen-bond acceptors (Lipinski definition) is 5. The van der Waals surface area contributed by atoms with E-state index in [-0.39, 0.29) is 5.69 Å². The number of aromatic nitrogens is 1. The highest BCUT2D eigenvalue weighted by molar-refractivity contribution is 7.07. The van der Waals surface area contributed by atoms with Crippen molar-refractivity contribution < 1.29 is 4.92 Å². The zero-order chi connectivity index (χ0) is 13.8. The average Bonchev–Trinajstić information content (AvgIpc) is 2.84. The van der Waals surface area contributed by atoms with Crippen LogP contribution in [-0.2, 0) is 13.1 Å². The molecule has 0 aliphatic heterocycles. The Balaban J connectivity index is 2.09. The van der Waals surface area contributed by atoms with E-state index < -0.39 is 4.92 Å². The van der Waals surface area contributed by atoms with E-state index in [1.54, 1.807) is 22.9 Å². The molecule has 0 saturated carbocycles. The maximum absolute atomic E-state index is 10.7. The minimum absolute atomic E-state index is 0.0569. The van der Waals surface area contributed by atoms with Gasteiger partial charge in [0.15, 0.2) is 0 Å². The van der Waals surface area contributed by atoms with Gasteiger partial charge in [0, 0.05) is 35.6 Å². The summed E-state index contributed by atoms with van der Waals surface area (Å²) in [6.45, 7) is 1.22. The summed E-state index contributed by atoms with van der Waals surface area (Å²) in [6, 6.07) is 4.48. The van der Waals surface area contributed by atoms with Crippen molar-refractivity contribution in [2.24, 2.45) is 0 Å². The Hall–Kier alpha value is -1.50. The van der Waals surface area contributed by atoms with Crippen molar-refractivity contribution in [2.45, 2.75) is 13.1 Å². The van der Waals surface area contributed by atoms with Crippen LogP contribution in [0.25, 0.3) is 0 Å². The fourth-order valence-electron chi connectivity index (χ4n) is 1.73. The van der Waals surface area contributed by atoms with Crippen LogP contribution in [0.1, 0.15) is 11.3 Å². The standard InChI is InChI=1S/C12H12ClN3O2S/c1-15(6-10-7-19-8-14-10)5-9-4-11(16(17)18)2-3-12(9)13/h2-4,7-8H,5-6H2,1H3. The molecule has 2 aromatic rings. The summed E-state index contributed by atoms with van der Waals surface area (Å²) in [5.41, 5.74) is 3.56. The van der Waals surface area contributed by atoms with Crippen molar-refractivity contribution in [2.75, 3.05) is 7.05 Å². The van der Waals surface area contributed by atoms with Crippen LogP contribution in [0.4, 0.5) is 5.69 Å². The fourth-order valence-corrected chi connectivity index (χ4v) is 2.46. The molecule has 7 heteroatoms. The smallest absolute Gasteiger partial charge is 0.269 e. The summed E-state index contributed by atoms with van der Waals surface area (Å²) in [6.07, 6.45) is 0. The molecule has 0 radical (unpaired) electrons. The molecule has 0 spiro atoms. The lowest BCUT2D eigenvalue weighted by atomic mass is 10.2. The number of non-ortho nitro benzene ring substituents is 1. The first-order valence-electron chi connectivity index (χ1n) is 5.54. The summed E-state index contributed by atoms with van der Waals surface area (Å²) < 4.78 is 0. The van der Waals surface area contributed by atoms with Gasteiger partial charge in [0.1, 0.15) is 0 Å². The zero-order valence-corrected chi connectivity index (χ0v) is 11.8. The molecule has 1 aromatic carbocycles. The van der Waals surface area contributed by atoms with Crippen molar-refractivity contribution in [3.05, 3.63) is 55.5 Å². The van der Waals surface area contributed by atoms with Gasteiger partial charge in [-0.05, 0) is 18.7 Å². The molecule has 19 heavy (non-hydrogen) atoms. The van der Waals surface area contributed by atoms with E-state index in [0.29, 0.717) is 18.1 Å². The van der Waals surface area contributed by atoms with Gasteiger partial charge in [-0.15, -0.1) is 11.3 Å². The summed E-state index contributed by atoms with van der Waals surface area (Å²) in [5, 5.41) is 13.3. The number of nitro benzene ring substituents is 1. The lowest BCUT2D eigenvalue weighted by Gasteiger charge is -2.16. The predicted molar refractivity (Wildman–Crippen MR) is 75.4 cm³/mol. The quantitative estimate of drug-likeness (QED) is 0.627. The van der Waals surface area contributed by atoms with Crippen molar-refractivity contribution in [1.29, 1.82) is 0 Å². The summed E-state index contributed by atoms with van der Waals surface area (Å²) in [5.74, 6) is 0. The molecule has 0 atom stereocenters. The topological polar surface area (TPSA) is 59.3 Å². The minimum Gasteiger partial charge on any atom is -0.296 e. The molecule has 1 heterocycles. The van der Waals surface area contributed by atoms with Crippen LogP contribution in [-0.4, -0.2) is 21.9 Å². The third-order valence-corrected chi connectivity index (χ3v) is 3.60. The van der Waals surface area contributed by atoms with Gasteiger partial charge in [-0.25, -0.2) is 4.98 Å². The van der Waals surface area contributed by atoms with E-state index in [2.05, 4.69) is 4.98 Å². The van der Waals surface area contributed by atoms with Crippen LogP contribution in [0.15, 0.2) is 29.1 Å². The molecule has 5 nitrogen and oxygen atoms in total. The van der Waals surface area contributed by atoms with E-state index in [9.17, 15) is 10.1 Å². The Bertz CT molecular complexity index is 574. The molecule has 0 aliphatic carbocycles. The van der Waals surface area contributed by atoms with Crippen molar-refractivity contribution in [3.63, 3.8) is 0 Å². The molecule has 1 aromatic heterocycles. The van der Waals surface area contributed by atoms with Crippen LogP contribution in [0, 0.1) is 10.1 Å². The number of benzene rings is 1. The largest absolute Gasteiger partial charge is 0.296 e.